The minimum atomic E-state index is -0.663. The highest BCUT2D eigenvalue weighted by atomic mass is 19.1. The molecule has 0 spiro atoms. The van der Waals surface area contributed by atoms with E-state index in [9.17, 15) is 18.4 Å². The predicted octanol–water partition coefficient (Wildman–Crippen LogP) is 2.21. The number of nitrogens with zero attached hydrogens (tertiary/aromatic N) is 2. The smallest absolute Gasteiger partial charge is 0.279 e. The van der Waals surface area contributed by atoms with Crippen LogP contribution in [0.1, 0.15) is 40.0 Å². The summed E-state index contributed by atoms with van der Waals surface area (Å²) in [7, 11) is 1.47. The number of hydrogen-bond donors (Lipinski definition) is 1. The minimum Gasteiger partial charge on any atom is -0.351 e. The van der Waals surface area contributed by atoms with E-state index < -0.39 is 23.1 Å². The van der Waals surface area contributed by atoms with Crippen LogP contribution in [0.4, 0.5) is 8.78 Å². The molecule has 2 rings (SSSR count). The van der Waals surface area contributed by atoms with Gasteiger partial charge in [-0.1, -0.05) is 13.0 Å². The normalized spacial score (nSPS) is 12.1. The molecule has 0 saturated carbocycles. The number of carbonyl (C=O) groups excluding carboxylic acids is 1. The number of carbonyl (C=O) groups is 1. The van der Waals surface area contributed by atoms with Crippen LogP contribution < -0.4 is 10.9 Å². The van der Waals surface area contributed by atoms with Crippen LogP contribution in [0.5, 0.6) is 0 Å². The predicted molar refractivity (Wildman–Crippen MR) is 86.1 cm³/mol. The Hall–Kier alpha value is -2.57. The maximum atomic E-state index is 13.8. The first kappa shape index (κ1) is 17.8. The lowest BCUT2D eigenvalue weighted by Gasteiger charge is -2.15. The third-order valence-electron chi connectivity index (χ3n) is 4.01. The molecule has 1 atom stereocenters. The molecule has 0 bridgehead atoms. The molecule has 1 amide bonds. The van der Waals surface area contributed by atoms with Crippen molar-refractivity contribution in [2.24, 2.45) is 7.05 Å². The number of halogens is 2. The van der Waals surface area contributed by atoms with Gasteiger partial charge in [0.2, 0.25) is 0 Å². The van der Waals surface area contributed by atoms with Crippen molar-refractivity contribution in [2.45, 2.75) is 26.7 Å². The molecule has 128 valence electrons. The van der Waals surface area contributed by atoms with Gasteiger partial charge >= 0.3 is 0 Å². The summed E-state index contributed by atoms with van der Waals surface area (Å²) in [5.41, 5.74) is 0.927. The quantitative estimate of drug-likeness (QED) is 0.932. The van der Waals surface area contributed by atoms with Gasteiger partial charge in [-0.05, 0) is 31.0 Å². The van der Waals surface area contributed by atoms with Crippen LogP contribution in [0, 0.1) is 25.5 Å². The third-order valence-corrected chi connectivity index (χ3v) is 4.01. The second kappa shape index (κ2) is 6.90. The van der Waals surface area contributed by atoms with E-state index in [2.05, 4.69) is 10.4 Å². The summed E-state index contributed by atoms with van der Waals surface area (Å²) in [4.78, 5) is 24.5. The van der Waals surface area contributed by atoms with Gasteiger partial charge in [-0.15, -0.1) is 0 Å². The monoisotopic (exact) mass is 335 g/mol. The number of rotatable bonds is 4. The lowest BCUT2D eigenvalue weighted by Crippen LogP contribution is -2.36. The Morgan fingerprint density at radius 2 is 2.00 bits per heavy atom. The number of nitrogens with one attached hydrogen (secondary N) is 1. The van der Waals surface area contributed by atoms with Crippen molar-refractivity contribution in [1.82, 2.24) is 15.1 Å². The third kappa shape index (κ3) is 3.50. The van der Waals surface area contributed by atoms with E-state index in [1.54, 1.807) is 20.8 Å². The van der Waals surface area contributed by atoms with Gasteiger partial charge in [-0.2, -0.15) is 5.10 Å². The average Bonchev–Trinajstić information content (AvgIpc) is 2.51. The van der Waals surface area contributed by atoms with E-state index in [1.807, 2.05) is 0 Å². The topological polar surface area (TPSA) is 64.0 Å². The van der Waals surface area contributed by atoms with Crippen molar-refractivity contribution >= 4 is 5.91 Å². The minimum absolute atomic E-state index is 0.0248. The molecule has 0 saturated heterocycles. The first-order chi connectivity index (χ1) is 11.2. The molecule has 0 fully saturated rings. The van der Waals surface area contributed by atoms with Crippen LogP contribution in [0.2, 0.25) is 0 Å². The van der Waals surface area contributed by atoms with Gasteiger partial charge < -0.3 is 5.32 Å². The number of benzene rings is 1. The highest BCUT2D eigenvalue weighted by Crippen LogP contribution is 2.19. The van der Waals surface area contributed by atoms with E-state index in [1.165, 1.54) is 19.2 Å². The Bertz CT molecular complexity index is 846. The molecular formula is C17H19F2N3O2. The van der Waals surface area contributed by atoms with Gasteiger partial charge in [0.25, 0.3) is 11.5 Å². The van der Waals surface area contributed by atoms with E-state index in [-0.39, 0.29) is 18.0 Å². The summed E-state index contributed by atoms with van der Waals surface area (Å²) in [6.07, 6.45) is 0. The van der Waals surface area contributed by atoms with Gasteiger partial charge in [0, 0.05) is 25.6 Å². The highest BCUT2D eigenvalue weighted by molar-refractivity contribution is 5.95. The highest BCUT2D eigenvalue weighted by Gasteiger charge is 2.19. The van der Waals surface area contributed by atoms with Crippen LogP contribution in [0.25, 0.3) is 0 Å². The van der Waals surface area contributed by atoms with Gasteiger partial charge in [0.05, 0.1) is 5.69 Å². The molecule has 7 heteroatoms. The van der Waals surface area contributed by atoms with Gasteiger partial charge in [0.15, 0.2) is 0 Å². The Labute approximate surface area is 138 Å². The van der Waals surface area contributed by atoms with E-state index >= 15 is 0 Å². The summed E-state index contributed by atoms with van der Waals surface area (Å²) in [5.74, 6) is -2.22. The van der Waals surface area contributed by atoms with Crippen LogP contribution >= 0.6 is 0 Å². The van der Waals surface area contributed by atoms with Crippen molar-refractivity contribution in [3.63, 3.8) is 0 Å². The van der Waals surface area contributed by atoms with Gasteiger partial charge in [0.1, 0.15) is 17.2 Å². The molecule has 5 nitrogen and oxygen atoms in total. The molecule has 2 aromatic rings. The Morgan fingerprint density at radius 3 is 2.62 bits per heavy atom. The van der Waals surface area contributed by atoms with Crippen molar-refractivity contribution in [2.75, 3.05) is 6.54 Å². The van der Waals surface area contributed by atoms with Crippen molar-refractivity contribution in [3.05, 3.63) is 62.6 Å². The van der Waals surface area contributed by atoms with E-state index in [0.29, 0.717) is 16.8 Å². The van der Waals surface area contributed by atoms with Crippen molar-refractivity contribution < 1.29 is 13.6 Å². The van der Waals surface area contributed by atoms with Crippen LogP contribution in [-0.2, 0) is 7.05 Å². The number of aromatic nitrogens is 2. The summed E-state index contributed by atoms with van der Waals surface area (Å²) in [6, 6.07) is 3.32. The molecule has 1 N–H and O–H groups in total. The number of hydrogen-bond acceptors (Lipinski definition) is 3. The summed E-state index contributed by atoms with van der Waals surface area (Å²) < 4.78 is 27.8. The standard InChI is InChI=1S/C17H19F2N3O2/c1-9(13-6-5-12(18)7-14(13)19)8-20-16(23)15-10(2)11(3)21-22(4)17(15)24/h5-7,9H,8H2,1-4H3,(H,20,23). The summed E-state index contributed by atoms with van der Waals surface area (Å²) >= 11 is 0. The van der Waals surface area contributed by atoms with Gasteiger partial charge in [-0.3, -0.25) is 9.59 Å². The fourth-order valence-corrected chi connectivity index (χ4v) is 2.46. The molecule has 1 heterocycles. The fraction of sp³-hybridized carbons (Fsp3) is 0.353. The Morgan fingerprint density at radius 1 is 1.33 bits per heavy atom. The zero-order valence-electron chi connectivity index (χ0n) is 14.0. The lowest BCUT2D eigenvalue weighted by molar-refractivity contribution is 0.0948. The largest absolute Gasteiger partial charge is 0.351 e. The maximum absolute atomic E-state index is 13.8. The first-order valence-corrected chi connectivity index (χ1v) is 7.50. The van der Waals surface area contributed by atoms with Gasteiger partial charge in [-0.25, -0.2) is 13.5 Å². The number of amides is 1. The molecule has 1 aromatic carbocycles. The molecule has 1 unspecified atom stereocenters. The molecule has 0 radical (unpaired) electrons. The van der Waals surface area contributed by atoms with Crippen LogP contribution in [0.15, 0.2) is 23.0 Å². The first-order valence-electron chi connectivity index (χ1n) is 7.50. The zero-order valence-corrected chi connectivity index (χ0v) is 14.0. The van der Waals surface area contributed by atoms with Crippen LogP contribution in [-0.4, -0.2) is 22.2 Å². The lowest BCUT2D eigenvalue weighted by atomic mass is 10.00. The zero-order chi connectivity index (χ0) is 18.0. The molecular weight excluding hydrogens is 316 g/mol. The second-order valence-corrected chi connectivity index (χ2v) is 5.79. The Kier molecular flexibility index (Phi) is 5.11. The molecule has 0 aliphatic carbocycles. The maximum Gasteiger partial charge on any atom is 0.279 e. The molecule has 0 aliphatic rings. The summed E-state index contributed by atoms with van der Waals surface area (Å²) in [6.45, 7) is 5.19. The molecule has 0 aliphatic heterocycles. The molecule has 1 aromatic heterocycles. The Balaban J connectivity index is 2.18. The van der Waals surface area contributed by atoms with E-state index in [4.69, 9.17) is 0 Å². The molecule has 24 heavy (non-hydrogen) atoms. The second-order valence-electron chi connectivity index (χ2n) is 5.79. The average molecular weight is 335 g/mol. The van der Waals surface area contributed by atoms with E-state index in [0.717, 1.165) is 10.7 Å². The summed E-state index contributed by atoms with van der Waals surface area (Å²) in [5, 5.41) is 6.65. The SMILES string of the molecule is Cc1nn(C)c(=O)c(C(=O)NCC(C)c2ccc(F)cc2F)c1C. The fourth-order valence-electron chi connectivity index (χ4n) is 2.46. The number of aryl methyl sites for hydroxylation is 2. The van der Waals surface area contributed by atoms with Crippen LogP contribution in [0.3, 0.4) is 0 Å². The van der Waals surface area contributed by atoms with Crippen molar-refractivity contribution in [3.8, 4) is 0 Å². The van der Waals surface area contributed by atoms with Crippen molar-refractivity contribution in [1.29, 1.82) is 0 Å².